The van der Waals surface area contributed by atoms with Crippen molar-refractivity contribution in [3.8, 4) is 0 Å². The molecule has 1 aliphatic carbocycles. The summed E-state index contributed by atoms with van der Waals surface area (Å²) >= 11 is 0. The van der Waals surface area contributed by atoms with Crippen LogP contribution in [0.5, 0.6) is 0 Å². The molecule has 0 amide bonds. The van der Waals surface area contributed by atoms with Crippen molar-refractivity contribution < 1.29 is 19.3 Å². The molecule has 80 valence electrons. The molecule has 2 aliphatic heterocycles. The average molecular weight is 200 g/mol. The third-order valence-electron chi connectivity index (χ3n) is 3.67. The summed E-state index contributed by atoms with van der Waals surface area (Å²) in [4.78, 5) is 0. The Bertz CT molecular complexity index is 230. The smallest absolute Gasteiger partial charge is 0.155 e. The highest BCUT2D eigenvalue weighted by Crippen LogP contribution is 2.45. The van der Waals surface area contributed by atoms with Crippen LogP contribution in [0.3, 0.4) is 0 Å². The van der Waals surface area contributed by atoms with Crippen molar-refractivity contribution in [1.82, 2.24) is 0 Å². The maximum atomic E-state index is 9.37. The normalized spacial score (nSPS) is 57.0. The van der Waals surface area contributed by atoms with Gasteiger partial charge in [0.15, 0.2) is 12.6 Å². The summed E-state index contributed by atoms with van der Waals surface area (Å²) in [6.45, 7) is 2.68. The van der Waals surface area contributed by atoms with Crippen molar-refractivity contribution in [3.05, 3.63) is 0 Å². The topological polar surface area (TPSA) is 47.9 Å². The Kier molecular flexibility index (Phi) is 2.06. The van der Waals surface area contributed by atoms with Crippen LogP contribution in [-0.2, 0) is 14.2 Å². The standard InChI is InChI=1S/C10H16O4/c1-5-12-4-7-6-2-10(11)14-8(6)3-9(7)13-5/h5-11H,2-4H2,1H3/t5-,6+,7+,8-,9+,10?/m0/s1. The van der Waals surface area contributed by atoms with Gasteiger partial charge in [0, 0.05) is 18.8 Å². The zero-order valence-electron chi connectivity index (χ0n) is 8.26. The Balaban J connectivity index is 1.74. The second kappa shape index (κ2) is 3.17. The lowest BCUT2D eigenvalue weighted by Crippen LogP contribution is -2.37. The minimum Gasteiger partial charge on any atom is -0.368 e. The van der Waals surface area contributed by atoms with Crippen LogP contribution < -0.4 is 0 Å². The quantitative estimate of drug-likeness (QED) is 0.618. The van der Waals surface area contributed by atoms with Gasteiger partial charge in [-0.25, -0.2) is 0 Å². The van der Waals surface area contributed by atoms with E-state index in [2.05, 4.69) is 0 Å². The fraction of sp³-hybridized carbons (Fsp3) is 1.00. The van der Waals surface area contributed by atoms with Crippen molar-refractivity contribution in [2.24, 2.45) is 11.8 Å². The van der Waals surface area contributed by atoms with Gasteiger partial charge in [-0.3, -0.25) is 0 Å². The minimum absolute atomic E-state index is 0.0833. The van der Waals surface area contributed by atoms with E-state index in [9.17, 15) is 5.11 Å². The zero-order valence-corrected chi connectivity index (χ0v) is 8.26. The maximum Gasteiger partial charge on any atom is 0.155 e. The van der Waals surface area contributed by atoms with Crippen LogP contribution in [0, 0.1) is 11.8 Å². The summed E-state index contributed by atoms with van der Waals surface area (Å²) < 4.78 is 16.6. The largest absolute Gasteiger partial charge is 0.368 e. The molecule has 4 heteroatoms. The fourth-order valence-corrected chi connectivity index (χ4v) is 3.02. The highest BCUT2D eigenvalue weighted by atomic mass is 16.7. The van der Waals surface area contributed by atoms with Gasteiger partial charge >= 0.3 is 0 Å². The van der Waals surface area contributed by atoms with Crippen LogP contribution in [0.1, 0.15) is 19.8 Å². The van der Waals surface area contributed by atoms with Crippen molar-refractivity contribution in [2.45, 2.75) is 44.6 Å². The Labute approximate surface area is 83.1 Å². The van der Waals surface area contributed by atoms with Crippen molar-refractivity contribution in [2.75, 3.05) is 6.61 Å². The van der Waals surface area contributed by atoms with Crippen LogP contribution in [0.2, 0.25) is 0 Å². The van der Waals surface area contributed by atoms with Gasteiger partial charge in [0.2, 0.25) is 0 Å². The predicted octanol–water partition coefficient (Wildman–Crippen LogP) is 0.491. The lowest BCUT2D eigenvalue weighted by molar-refractivity contribution is -0.226. The molecule has 0 bridgehead atoms. The number of ether oxygens (including phenoxy) is 3. The molecule has 3 fully saturated rings. The maximum absolute atomic E-state index is 9.37. The first-order chi connectivity index (χ1) is 6.74. The van der Waals surface area contributed by atoms with Gasteiger partial charge in [0.05, 0.1) is 18.8 Å². The van der Waals surface area contributed by atoms with E-state index in [-0.39, 0.29) is 18.5 Å². The van der Waals surface area contributed by atoms with Gasteiger partial charge in [-0.1, -0.05) is 0 Å². The van der Waals surface area contributed by atoms with Crippen LogP contribution in [0.25, 0.3) is 0 Å². The van der Waals surface area contributed by atoms with E-state index in [0.29, 0.717) is 11.8 Å². The molecule has 4 nitrogen and oxygen atoms in total. The summed E-state index contributed by atoms with van der Waals surface area (Å²) in [6.07, 6.45) is 1.48. The molecule has 1 unspecified atom stereocenters. The van der Waals surface area contributed by atoms with Gasteiger partial charge in [0.1, 0.15) is 0 Å². The number of hydrogen-bond acceptors (Lipinski definition) is 4. The minimum atomic E-state index is -0.565. The molecule has 2 saturated heterocycles. The molecule has 0 aromatic heterocycles. The second-order valence-corrected chi connectivity index (χ2v) is 4.50. The van der Waals surface area contributed by atoms with Crippen LogP contribution in [0.4, 0.5) is 0 Å². The molecular formula is C10H16O4. The van der Waals surface area contributed by atoms with E-state index >= 15 is 0 Å². The molecule has 1 saturated carbocycles. The predicted molar refractivity (Wildman–Crippen MR) is 47.4 cm³/mol. The number of aliphatic hydroxyl groups excluding tert-OH is 1. The highest BCUT2D eigenvalue weighted by molar-refractivity contribution is 4.97. The molecule has 14 heavy (non-hydrogen) atoms. The third kappa shape index (κ3) is 1.29. The summed E-state index contributed by atoms with van der Waals surface area (Å²) in [5, 5.41) is 9.37. The summed E-state index contributed by atoms with van der Waals surface area (Å²) in [5.41, 5.74) is 0. The summed E-state index contributed by atoms with van der Waals surface area (Å²) in [5.74, 6) is 0.857. The van der Waals surface area contributed by atoms with Crippen molar-refractivity contribution in [3.63, 3.8) is 0 Å². The number of hydrogen-bond donors (Lipinski definition) is 1. The zero-order chi connectivity index (χ0) is 9.71. The van der Waals surface area contributed by atoms with Gasteiger partial charge in [-0.05, 0) is 12.8 Å². The third-order valence-corrected chi connectivity index (χ3v) is 3.67. The van der Waals surface area contributed by atoms with E-state index in [1.54, 1.807) is 0 Å². The first kappa shape index (κ1) is 9.09. The van der Waals surface area contributed by atoms with Gasteiger partial charge in [0.25, 0.3) is 0 Å². The number of fused-ring (bicyclic) bond motifs is 3. The molecule has 1 N–H and O–H groups in total. The Hall–Kier alpha value is -0.160. The first-order valence-corrected chi connectivity index (χ1v) is 5.34. The van der Waals surface area contributed by atoms with Gasteiger partial charge in [-0.15, -0.1) is 0 Å². The highest BCUT2D eigenvalue weighted by Gasteiger charge is 2.51. The molecule has 3 rings (SSSR count). The molecule has 0 spiro atoms. The second-order valence-electron chi connectivity index (χ2n) is 4.50. The van der Waals surface area contributed by atoms with Crippen molar-refractivity contribution >= 4 is 0 Å². The molecule has 0 radical (unpaired) electrons. The van der Waals surface area contributed by atoms with E-state index < -0.39 is 6.29 Å². The van der Waals surface area contributed by atoms with Crippen LogP contribution >= 0.6 is 0 Å². The molecule has 6 atom stereocenters. The van der Waals surface area contributed by atoms with E-state index in [0.717, 1.165) is 19.4 Å². The van der Waals surface area contributed by atoms with Gasteiger partial charge < -0.3 is 19.3 Å². The number of aliphatic hydroxyl groups is 1. The SMILES string of the molecule is C[C@H]1OC[C@@H]2[C@H]3CC(O)O[C@H]3C[C@H]2O1. The Morgan fingerprint density at radius 3 is 2.71 bits per heavy atom. The fourth-order valence-electron chi connectivity index (χ4n) is 3.02. The van der Waals surface area contributed by atoms with E-state index in [1.807, 2.05) is 6.92 Å². The van der Waals surface area contributed by atoms with Gasteiger partial charge in [-0.2, -0.15) is 0 Å². The Morgan fingerprint density at radius 1 is 1.07 bits per heavy atom. The van der Waals surface area contributed by atoms with E-state index in [4.69, 9.17) is 14.2 Å². The lowest BCUT2D eigenvalue weighted by atomic mass is 9.92. The van der Waals surface area contributed by atoms with Crippen LogP contribution in [-0.4, -0.2) is 36.5 Å². The van der Waals surface area contributed by atoms with Crippen LogP contribution in [0.15, 0.2) is 0 Å². The molecular weight excluding hydrogens is 184 g/mol. The molecule has 2 heterocycles. The first-order valence-electron chi connectivity index (χ1n) is 5.34. The molecule has 0 aromatic rings. The number of rotatable bonds is 0. The van der Waals surface area contributed by atoms with Crippen molar-refractivity contribution in [1.29, 1.82) is 0 Å². The summed E-state index contributed by atoms with van der Waals surface area (Å²) in [6, 6.07) is 0. The Morgan fingerprint density at radius 2 is 1.86 bits per heavy atom. The van der Waals surface area contributed by atoms with E-state index in [1.165, 1.54) is 0 Å². The lowest BCUT2D eigenvalue weighted by Gasteiger charge is -2.32. The summed E-state index contributed by atoms with van der Waals surface area (Å²) in [7, 11) is 0. The monoisotopic (exact) mass is 200 g/mol. The molecule has 3 aliphatic rings. The average Bonchev–Trinajstić information content (AvgIpc) is 2.59. The molecule has 0 aromatic carbocycles.